The molecule has 0 aliphatic carbocycles. The summed E-state index contributed by atoms with van der Waals surface area (Å²) in [6.45, 7) is 0.978. The number of nitrogens with one attached hydrogen (secondary N) is 1. The Morgan fingerprint density at radius 1 is 1.25 bits per heavy atom. The van der Waals surface area contributed by atoms with Crippen LogP contribution in [0.4, 0.5) is 5.69 Å². The highest BCUT2D eigenvalue weighted by Gasteiger charge is 2.14. The van der Waals surface area contributed by atoms with Gasteiger partial charge in [-0.2, -0.15) is 11.3 Å². The minimum Gasteiger partial charge on any atom is -0.384 e. The van der Waals surface area contributed by atoms with E-state index in [1.165, 1.54) is 11.3 Å². The zero-order valence-electron chi connectivity index (χ0n) is 8.69. The summed E-state index contributed by atoms with van der Waals surface area (Å²) in [6.07, 6.45) is 1.01. The van der Waals surface area contributed by atoms with Crippen LogP contribution < -0.4 is 5.32 Å². The second-order valence-corrected chi connectivity index (χ2v) is 4.67. The molecule has 1 aliphatic heterocycles. The molecule has 80 valence electrons. The number of thiophene rings is 1. The fourth-order valence-electron chi connectivity index (χ4n) is 2.01. The maximum atomic E-state index is 12.1. The first kappa shape index (κ1) is 9.60. The van der Waals surface area contributed by atoms with E-state index < -0.39 is 0 Å². The van der Waals surface area contributed by atoms with Crippen LogP contribution in [0.25, 0.3) is 0 Å². The number of anilines is 1. The van der Waals surface area contributed by atoms with Crippen LogP contribution in [0.3, 0.4) is 0 Å². The van der Waals surface area contributed by atoms with Gasteiger partial charge in [-0.3, -0.25) is 4.79 Å². The minimum absolute atomic E-state index is 0.121. The Labute approximate surface area is 97.9 Å². The van der Waals surface area contributed by atoms with Crippen LogP contribution in [0.15, 0.2) is 35.0 Å². The number of fused-ring (bicyclic) bond motifs is 1. The molecule has 2 nitrogen and oxygen atoms in total. The predicted octanol–water partition coefficient (Wildman–Crippen LogP) is 2.95. The van der Waals surface area contributed by atoms with Crippen molar-refractivity contribution in [2.45, 2.75) is 6.42 Å². The van der Waals surface area contributed by atoms with Gasteiger partial charge >= 0.3 is 0 Å². The van der Waals surface area contributed by atoms with Gasteiger partial charge in [-0.25, -0.2) is 0 Å². The van der Waals surface area contributed by atoms with E-state index in [-0.39, 0.29) is 5.78 Å². The maximum absolute atomic E-state index is 12.1. The molecular formula is C13H11NOS. The van der Waals surface area contributed by atoms with Gasteiger partial charge in [0.1, 0.15) is 0 Å². The lowest BCUT2D eigenvalue weighted by atomic mass is 10.0. The molecule has 2 aromatic rings. The average molecular weight is 229 g/mol. The van der Waals surface area contributed by atoms with Crippen LogP contribution in [-0.4, -0.2) is 12.3 Å². The normalized spacial score (nSPS) is 13.2. The third-order valence-corrected chi connectivity index (χ3v) is 3.54. The Morgan fingerprint density at radius 2 is 2.19 bits per heavy atom. The average Bonchev–Trinajstić information content (AvgIpc) is 2.98. The molecule has 0 unspecified atom stereocenters. The van der Waals surface area contributed by atoms with E-state index in [2.05, 4.69) is 5.32 Å². The van der Waals surface area contributed by atoms with Crippen molar-refractivity contribution in [2.24, 2.45) is 0 Å². The lowest BCUT2D eigenvalue weighted by Gasteiger charge is -2.02. The number of hydrogen-bond donors (Lipinski definition) is 1. The molecule has 0 amide bonds. The Morgan fingerprint density at radius 3 is 3.00 bits per heavy atom. The number of carbonyl (C=O) groups excluding carboxylic acids is 1. The van der Waals surface area contributed by atoms with Crippen LogP contribution >= 0.6 is 11.3 Å². The van der Waals surface area contributed by atoms with Gasteiger partial charge in [0.15, 0.2) is 5.78 Å². The summed E-state index contributed by atoms with van der Waals surface area (Å²) in [5, 5.41) is 7.12. The summed E-state index contributed by atoms with van der Waals surface area (Å²) in [5.41, 5.74) is 4.00. The Balaban J connectivity index is 1.99. The minimum atomic E-state index is 0.121. The number of benzene rings is 1. The van der Waals surface area contributed by atoms with Crippen LogP contribution in [0, 0.1) is 0 Å². The van der Waals surface area contributed by atoms with Gasteiger partial charge in [0, 0.05) is 28.7 Å². The standard InChI is InChI=1S/C13H11NOS/c15-13(11-4-6-16-8-11)10-1-2-12-9(7-10)3-5-14-12/h1-2,4,6-8,14H,3,5H2. The fraction of sp³-hybridized carbons (Fsp3) is 0.154. The smallest absolute Gasteiger partial charge is 0.193 e. The van der Waals surface area contributed by atoms with Gasteiger partial charge in [-0.1, -0.05) is 0 Å². The predicted molar refractivity (Wildman–Crippen MR) is 66.4 cm³/mol. The highest BCUT2D eigenvalue weighted by atomic mass is 32.1. The van der Waals surface area contributed by atoms with Crippen molar-refractivity contribution in [3.05, 3.63) is 51.7 Å². The summed E-state index contributed by atoms with van der Waals surface area (Å²) in [6, 6.07) is 7.78. The molecule has 0 saturated heterocycles. The second-order valence-electron chi connectivity index (χ2n) is 3.89. The van der Waals surface area contributed by atoms with Crippen molar-refractivity contribution < 1.29 is 4.79 Å². The first-order valence-corrected chi connectivity index (χ1v) is 6.22. The van der Waals surface area contributed by atoms with Crippen molar-refractivity contribution in [1.29, 1.82) is 0 Å². The molecule has 1 aromatic carbocycles. The van der Waals surface area contributed by atoms with E-state index in [4.69, 9.17) is 0 Å². The molecule has 1 aromatic heterocycles. The molecule has 0 radical (unpaired) electrons. The molecular weight excluding hydrogens is 218 g/mol. The van der Waals surface area contributed by atoms with Gasteiger partial charge in [-0.05, 0) is 41.6 Å². The largest absolute Gasteiger partial charge is 0.384 e. The summed E-state index contributed by atoms with van der Waals surface area (Å²) in [7, 11) is 0. The molecule has 1 N–H and O–H groups in total. The SMILES string of the molecule is O=C(c1ccsc1)c1ccc2c(c1)CCN2. The van der Waals surface area contributed by atoms with Gasteiger partial charge in [0.25, 0.3) is 0 Å². The molecule has 3 rings (SSSR count). The number of carbonyl (C=O) groups is 1. The van der Waals surface area contributed by atoms with E-state index in [0.29, 0.717) is 0 Å². The van der Waals surface area contributed by atoms with Crippen molar-refractivity contribution >= 4 is 22.8 Å². The summed E-state index contributed by atoms with van der Waals surface area (Å²) < 4.78 is 0. The van der Waals surface area contributed by atoms with Crippen LogP contribution in [0.5, 0.6) is 0 Å². The molecule has 0 bridgehead atoms. The topological polar surface area (TPSA) is 29.1 Å². The zero-order valence-corrected chi connectivity index (χ0v) is 9.51. The fourth-order valence-corrected chi connectivity index (χ4v) is 2.64. The van der Waals surface area contributed by atoms with Crippen molar-refractivity contribution in [2.75, 3.05) is 11.9 Å². The van der Waals surface area contributed by atoms with E-state index in [1.54, 1.807) is 11.3 Å². The molecule has 0 atom stereocenters. The van der Waals surface area contributed by atoms with Gasteiger partial charge in [0.05, 0.1) is 0 Å². The van der Waals surface area contributed by atoms with E-state index in [0.717, 1.165) is 24.1 Å². The number of rotatable bonds is 2. The molecule has 0 saturated carbocycles. The number of hydrogen-bond acceptors (Lipinski definition) is 3. The van der Waals surface area contributed by atoms with Crippen LogP contribution in [-0.2, 0) is 6.42 Å². The molecule has 16 heavy (non-hydrogen) atoms. The van der Waals surface area contributed by atoms with E-state index >= 15 is 0 Å². The Bertz CT molecular complexity index is 531. The Hall–Kier alpha value is -1.61. The van der Waals surface area contributed by atoms with Crippen molar-refractivity contribution in [1.82, 2.24) is 0 Å². The quantitative estimate of drug-likeness (QED) is 0.802. The third-order valence-electron chi connectivity index (χ3n) is 2.86. The molecule has 1 aliphatic rings. The summed E-state index contributed by atoms with van der Waals surface area (Å²) in [4.78, 5) is 12.1. The third kappa shape index (κ3) is 1.53. The zero-order chi connectivity index (χ0) is 11.0. The number of ketones is 1. The highest BCUT2D eigenvalue weighted by Crippen LogP contribution is 2.24. The maximum Gasteiger partial charge on any atom is 0.193 e. The second kappa shape index (κ2) is 3.76. The molecule has 0 spiro atoms. The van der Waals surface area contributed by atoms with Gasteiger partial charge in [0.2, 0.25) is 0 Å². The molecule has 3 heteroatoms. The highest BCUT2D eigenvalue weighted by molar-refractivity contribution is 7.08. The van der Waals surface area contributed by atoms with Gasteiger partial charge < -0.3 is 5.32 Å². The molecule has 0 fully saturated rings. The van der Waals surface area contributed by atoms with E-state index in [9.17, 15) is 4.79 Å². The van der Waals surface area contributed by atoms with Crippen LogP contribution in [0.1, 0.15) is 21.5 Å². The van der Waals surface area contributed by atoms with Crippen molar-refractivity contribution in [3.8, 4) is 0 Å². The van der Waals surface area contributed by atoms with Crippen LogP contribution in [0.2, 0.25) is 0 Å². The first-order chi connectivity index (χ1) is 7.84. The monoisotopic (exact) mass is 229 g/mol. The Kier molecular flexibility index (Phi) is 2.26. The lowest BCUT2D eigenvalue weighted by Crippen LogP contribution is -1.99. The summed E-state index contributed by atoms with van der Waals surface area (Å²) >= 11 is 1.55. The first-order valence-electron chi connectivity index (χ1n) is 5.28. The summed E-state index contributed by atoms with van der Waals surface area (Å²) in [5.74, 6) is 0.121. The van der Waals surface area contributed by atoms with E-state index in [1.807, 2.05) is 35.0 Å². The van der Waals surface area contributed by atoms with Gasteiger partial charge in [-0.15, -0.1) is 0 Å². The molecule has 2 heterocycles. The lowest BCUT2D eigenvalue weighted by molar-refractivity contribution is 0.103. The van der Waals surface area contributed by atoms with Crippen molar-refractivity contribution in [3.63, 3.8) is 0 Å².